The SMILES string of the molecule is CC(C)(C)OC(=O)NC(C)(C)C(C)(C)C(=O)CBr. The lowest BCUT2D eigenvalue weighted by Gasteiger charge is -2.40. The number of carbonyl (C=O) groups excluding carboxylic acids is 2. The van der Waals surface area contributed by atoms with Crippen molar-refractivity contribution in [3.05, 3.63) is 0 Å². The molecule has 5 heteroatoms. The summed E-state index contributed by atoms with van der Waals surface area (Å²) in [6, 6.07) is 0. The van der Waals surface area contributed by atoms with E-state index >= 15 is 0 Å². The van der Waals surface area contributed by atoms with Gasteiger partial charge in [-0.2, -0.15) is 0 Å². The van der Waals surface area contributed by atoms with Gasteiger partial charge in [0.2, 0.25) is 0 Å². The second-order valence-corrected chi connectivity index (χ2v) is 6.99. The van der Waals surface area contributed by atoms with E-state index in [4.69, 9.17) is 4.74 Å². The molecule has 0 heterocycles. The molecule has 0 spiro atoms. The summed E-state index contributed by atoms with van der Waals surface area (Å²) in [5, 5.41) is 3.03. The van der Waals surface area contributed by atoms with Gasteiger partial charge in [-0.15, -0.1) is 0 Å². The minimum absolute atomic E-state index is 0.0311. The number of hydrogen-bond donors (Lipinski definition) is 1. The smallest absolute Gasteiger partial charge is 0.408 e. The van der Waals surface area contributed by atoms with Crippen molar-refractivity contribution in [1.29, 1.82) is 0 Å². The molecular weight excluding hydrogens is 298 g/mol. The Morgan fingerprint density at radius 1 is 1.06 bits per heavy atom. The zero-order chi connectivity index (χ0) is 14.8. The van der Waals surface area contributed by atoms with Crippen LogP contribution in [-0.4, -0.2) is 28.3 Å². The molecule has 0 aliphatic heterocycles. The molecule has 0 bridgehead atoms. The molecule has 0 aromatic carbocycles. The van der Waals surface area contributed by atoms with Gasteiger partial charge >= 0.3 is 6.09 Å². The van der Waals surface area contributed by atoms with Crippen molar-refractivity contribution in [2.24, 2.45) is 5.41 Å². The summed E-state index contributed by atoms with van der Waals surface area (Å²) in [6.07, 6.45) is -0.511. The molecular formula is C13H24BrNO3. The molecule has 0 saturated carbocycles. The van der Waals surface area contributed by atoms with Crippen molar-refractivity contribution in [3.63, 3.8) is 0 Å². The second kappa shape index (κ2) is 5.59. The van der Waals surface area contributed by atoms with Gasteiger partial charge in [0, 0.05) is 11.0 Å². The molecule has 0 unspecified atom stereocenters. The number of carbonyl (C=O) groups is 2. The number of nitrogens with one attached hydrogen (secondary N) is 1. The molecule has 0 saturated heterocycles. The van der Waals surface area contributed by atoms with Crippen molar-refractivity contribution in [1.82, 2.24) is 5.32 Å². The Labute approximate surface area is 118 Å². The van der Waals surface area contributed by atoms with Gasteiger partial charge in [-0.05, 0) is 34.6 Å². The molecule has 1 N–H and O–H groups in total. The number of hydrogen-bond acceptors (Lipinski definition) is 3. The monoisotopic (exact) mass is 321 g/mol. The average Bonchev–Trinajstić information content (AvgIpc) is 2.11. The largest absolute Gasteiger partial charge is 0.444 e. The Hall–Kier alpha value is -0.580. The van der Waals surface area contributed by atoms with E-state index in [9.17, 15) is 9.59 Å². The van der Waals surface area contributed by atoms with E-state index in [-0.39, 0.29) is 11.1 Å². The molecule has 0 rings (SSSR count). The zero-order valence-electron chi connectivity index (χ0n) is 12.3. The lowest BCUT2D eigenvalue weighted by Crippen LogP contribution is -2.58. The fourth-order valence-corrected chi connectivity index (χ4v) is 1.93. The Balaban J connectivity index is 4.85. The summed E-state index contributed by atoms with van der Waals surface area (Å²) >= 11 is 3.16. The van der Waals surface area contributed by atoms with Crippen LogP contribution in [0, 0.1) is 5.41 Å². The van der Waals surface area contributed by atoms with Crippen LogP contribution in [0.15, 0.2) is 0 Å². The Kier molecular flexibility index (Phi) is 5.41. The summed E-state index contributed by atoms with van der Waals surface area (Å²) < 4.78 is 5.21. The van der Waals surface area contributed by atoms with Gasteiger partial charge in [0.1, 0.15) is 5.60 Å². The summed E-state index contributed by atoms with van der Waals surface area (Å²) in [5.41, 5.74) is -1.93. The van der Waals surface area contributed by atoms with Crippen molar-refractivity contribution < 1.29 is 14.3 Å². The molecule has 18 heavy (non-hydrogen) atoms. The van der Waals surface area contributed by atoms with Gasteiger partial charge < -0.3 is 10.1 Å². The van der Waals surface area contributed by atoms with E-state index in [0.717, 1.165) is 0 Å². The molecule has 0 aliphatic carbocycles. The number of rotatable bonds is 4. The van der Waals surface area contributed by atoms with E-state index in [2.05, 4.69) is 21.2 Å². The molecule has 0 radical (unpaired) electrons. The predicted octanol–water partition coefficient (Wildman–Crippen LogP) is 3.28. The van der Waals surface area contributed by atoms with Crippen LogP contribution in [0.1, 0.15) is 48.5 Å². The molecule has 0 aromatic heterocycles. The number of Topliss-reactive ketones (excluding diaryl/α,β-unsaturated/α-hetero) is 1. The van der Waals surface area contributed by atoms with Crippen molar-refractivity contribution in [2.45, 2.75) is 59.6 Å². The predicted molar refractivity (Wildman–Crippen MR) is 76.0 cm³/mol. The first-order chi connectivity index (χ1) is 7.83. The number of ether oxygens (including phenoxy) is 1. The number of alkyl carbamates (subject to hydrolysis) is 1. The average molecular weight is 322 g/mol. The van der Waals surface area contributed by atoms with E-state index in [1.165, 1.54) is 0 Å². The molecule has 106 valence electrons. The summed E-state index contributed by atoms with van der Waals surface area (Å²) in [6.45, 7) is 12.7. The summed E-state index contributed by atoms with van der Waals surface area (Å²) in [7, 11) is 0. The van der Waals surface area contributed by atoms with Crippen molar-refractivity contribution in [2.75, 3.05) is 5.33 Å². The third kappa shape index (κ3) is 4.59. The summed E-state index contributed by atoms with van der Waals surface area (Å²) in [4.78, 5) is 23.7. The second-order valence-electron chi connectivity index (χ2n) is 6.43. The molecule has 0 atom stereocenters. The highest BCUT2D eigenvalue weighted by Crippen LogP contribution is 2.32. The van der Waals surface area contributed by atoms with Gasteiger partial charge in [0.05, 0.1) is 5.33 Å². The quantitative estimate of drug-likeness (QED) is 0.808. The molecule has 0 fully saturated rings. The minimum atomic E-state index is -0.694. The van der Waals surface area contributed by atoms with Crippen LogP contribution in [-0.2, 0) is 9.53 Å². The Bertz CT molecular complexity index is 330. The van der Waals surface area contributed by atoms with Gasteiger partial charge in [0.15, 0.2) is 5.78 Å². The van der Waals surface area contributed by atoms with Crippen molar-refractivity contribution >= 4 is 27.8 Å². The number of alkyl halides is 1. The molecule has 1 amide bonds. The van der Waals surface area contributed by atoms with Crippen LogP contribution in [0.5, 0.6) is 0 Å². The number of amides is 1. The lowest BCUT2D eigenvalue weighted by atomic mass is 9.72. The third-order valence-electron chi connectivity index (χ3n) is 3.19. The van der Waals surface area contributed by atoms with Gasteiger partial charge in [-0.25, -0.2) is 4.79 Å². The highest BCUT2D eigenvalue weighted by Gasteiger charge is 2.43. The lowest BCUT2D eigenvalue weighted by molar-refractivity contribution is -0.127. The first kappa shape index (κ1) is 17.4. The van der Waals surface area contributed by atoms with Gasteiger partial charge in [-0.1, -0.05) is 29.8 Å². The standard InChI is InChI=1S/C13H24BrNO3/c1-11(2,3)18-10(17)15-13(6,7)12(4,5)9(16)8-14/h8H2,1-7H3,(H,15,17). The van der Waals surface area contributed by atoms with E-state index in [0.29, 0.717) is 0 Å². The fourth-order valence-electron chi connectivity index (χ4n) is 1.23. The molecule has 4 nitrogen and oxygen atoms in total. The Morgan fingerprint density at radius 2 is 1.50 bits per heavy atom. The third-order valence-corrected chi connectivity index (χ3v) is 3.70. The first-order valence-electron chi connectivity index (χ1n) is 5.94. The van der Waals surface area contributed by atoms with E-state index in [1.807, 2.05) is 27.7 Å². The van der Waals surface area contributed by atoms with Crippen LogP contribution in [0.4, 0.5) is 4.79 Å². The fraction of sp³-hybridized carbons (Fsp3) is 0.846. The first-order valence-corrected chi connectivity index (χ1v) is 7.06. The maximum absolute atomic E-state index is 11.9. The van der Waals surface area contributed by atoms with E-state index in [1.54, 1.807) is 20.8 Å². The number of ketones is 1. The highest BCUT2D eigenvalue weighted by atomic mass is 79.9. The van der Waals surface area contributed by atoms with Crippen LogP contribution >= 0.6 is 15.9 Å². The number of halogens is 1. The van der Waals surface area contributed by atoms with E-state index < -0.39 is 22.6 Å². The normalized spacial score (nSPS) is 13.1. The van der Waals surface area contributed by atoms with Crippen molar-refractivity contribution in [3.8, 4) is 0 Å². The van der Waals surface area contributed by atoms with Gasteiger partial charge in [-0.3, -0.25) is 4.79 Å². The highest BCUT2D eigenvalue weighted by molar-refractivity contribution is 9.09. The maximum Gasteiger partial charge on any atom is 0.408 e. The topological polar surface area (TPSA) is 55.4 Å². The minimum Gasteiger partial charge on any atom is -0.444 e. The zero-order valence-corrected chi connectivity index (χ0v) is 13.9. The Morgan fingerprint density at radius 3 is 1.83 bits per heavy atom. The van der Waals surface area contributed by atoms with Crippen LogP contribution in [0.2, 0.25) is 0 Å². The molecule has 0 aromatic rings. The van der Waals surface area contributed by atoms with Crippen LogP contribution in [0.25, 0.3) is 0 Å². The molecule has 0 aliphatic rings. The van der Waals surface area contributed by atoms with Crippen LogP contribution < -0.4 is 5.32 Å². The van der Waals surface area contributed by atoms with Crippen LogP contribution in [0.3, 0.4) is 0 Å². The summed E-state index contributed by atoms with van der Waals surface area (Å²) in [5.74, 6) is 0.0311. The maximum atomic E-state index is 11.9. The van der Waals surface area contributed by atoms with Gasteiger partial charge in [0.25, 0.3) is 0 Å².